The highest BCUT2D eigenvalue weighted by molar-refractivity contribution is 5.94. The molecule has 0 spiro atoms. The van der Waals surface area contributed by atoms with E-state index in [9.17, 15) is 4.79 Å². The lowest BCUT2D eigenvalue weighted by Crippen LogP contribution is -2.50. The number of ether oxygens (including phenoxy) is 1. The van der Waals surface area contributed by atoms with Gasteiger partial charge in [0.15, 0.2) is 0 Å². The van der Waals surface area contributed by atoms with Gasteiger partial charge in [0, 0.05) is 24.1 Å². The van der Waals surface area contributed by atoms with E-state index in [1.807, 2.05) is 48.5 Å². The van der Waals surface area contributed by atoms with E-state index in [1.165, 1.54) is 5.56 Å². The lowest BCUT2D eigenvalue weighted by Gasteiger charge is -2.39. The van der Waals surface area contributed by atoms with Gasteiger partial charge in [0.2, 0.25) is 0 Å². The molecule has 2 aromatic carbocycles. The van der Waals surface area contributed by atoms with Crippen LogP contribution in [-0.2, 0) is 4.74 Å². The maximum atomic E-state index is 12.4. The largest absolute Gasteiger partial charge is 0.373 e. The van der Waals surface area contributed by atoms with E-state index in [-0.39, 0.29) is 17.6 Å². The lowest BCUT2D eigenvalue weighted by atomic mass is 9.86. The van der Waals surface area contributed by atoms with E-state index in [4.69, 9.17) is 4.74 Å². The summed E-state index contributed by atoms with van der Waals surface area (Å²) in [5.74, 6) is -0.0168. The molecule has 0 bridgehead atoms. The summed E-state index contributed by atoms with van der Waals surface area (Å²) in [6, 6.07) is 19.6. The topological polar surface area (TPSA) is 38.3 Å². The first-order valence-electron chi connectivity index (χ1n) is 7.70. The van der Waals surface area contributed by atoms with Crippen LogP contribution in [0.5, 0.6) is 0 Å². The van der Waals surface area contributed by atoms with Gasteiger partial charge in [0.25, 0.3) is 5.91 Å². The van der Waals surface area contributed by atoms with Gasteiger partial charge < -0.3 is 10.1 Å². The van der Waals surface area contributed by atoms with Crippen molar-refractivity contribution in [1.82, 2.24) is 5.32 Å². The second-order valence-electron chi connectivity index (χ2n) is 6.11. The second kappa shape index (κ2) is 6.32. The van der Waals surface area contributed by atoms with Crippen LogP contribution in [0.4, 0.5) is 0 Å². The molecular weight excluding hydrogens is 274 g/mol. The molecule has 1 amide bonds. The summed E-state index contributed by atoms with van der Waals surface area (Å²) >= 11 is 0. The fourth-order valence-electron chi connectivity index (χ4n) is 2.93. The van der Waals surface area contributed by atoms with Crippen molar-refractivity contribution in [3.63, 3.8) is 0 Å². The fraction of sp³-hybridized carbons (Fsp3) is 0.316. The van der Waals surface area contributed by atoms with Crippen LogP contribution < -0.4 is 5.32 Å². The second-order valence-corrected chi connectivity index (χ2v) is 6.11. The van der Waals surface area contributed by atoms with Crippen molar-refractivity contribution >= 4 is 5.91 Å². The Labute approximate surface area is 131 Å². The van der Waals surface area contributed by atoms with Gasteiger partial charge in [-0.1, -0.05) is 48.5 Å². The van der Waals surface area contributed by atoms with Crippen LogP contribution >= 0.6 is 0 Å². The predicted molar refractivity (Wildman–Crippen MR) is 86.7 cm³/mol. The van der Waals surface area contributed by atoms with Gasteiger partial charge in [0.05, 0.1) is 6.10 Å². The number of hydrogen-bond donors (Lipinski definition) is 1. The summed E-state index contributed by atoms with van der Waals surface area (Å²) < 4.78 is 5.90. The number of rotatable bonds is 3. The first-order chi connectivity index (χ1) is 10.7. The van der Waals surface area contributed by atoms with Crippen LogP contribution in [0.2, 0.25) is 0 Å². The molecule has 2 atom stereocenters. The Hall–Kier alpha value is -2.13. The lowest BCUT2D eigenvalue weighted by molar-refractivity contribution is -0.0238. The molecule has 1 aliphatic rings. The van der Waals surface area contributed by atoms with E-state index < -0.39 is 0 Å². The van der Waals surface area contributed by atoms with E-state index in [0.717, 1.165) is 12.8 Å². The summed E-state index contributed by atoms with van der Waals surface area (Å²) in [5, 5.41) is 3.19. The summed E-state index contributed by atoms with van der Waals surface area (Å²) in [6.45, 7) is 2.76. The number of nitrogens with one attached hydrogen (secondary N) is 1. The zero-order chi connectivity index (χ0) is 15.4. The van der Waals surface area contributed by atoms with Crippen molar-refractivity contribution in [1.29, 1.82) is 0 Å². The molecule has 3 rings (SSSR count). The van der Waals surface area contributed by atoms with Crippen LogP contribution in [0, 0.1) is 0 Å². The van der Waals surface area contributed by atoms with Crippen molar-refractivity contribution in [2.45, 2.75) is 31.4 Å². The van der Waals surface area contributed by atoms with Gasteiger partial charge in [-0.25, -0.2) is 0 Å². The third-order valence-corrected chi connectivity index (χ3v) is 4.23. The molecule has 2 aromatic rings. The average molecular weight is 295 g/mol. The number of carbonyl (C=O) groups excluding carboxylic acids is 1. The third-order valence-electron chi connectivity index (χ3n) is 4.23. The Morgan fingerprint density at radius 3 is 2.41 bits per heavy atom. The number of hydrogen-bond acceptors (Lipinski definition) is 2. The van der Waals surface area contributed by atoms with Gasteiger partial charge in [-0.2, -0.15) is 0 Å². The third kappa shape index (κ3) is 3.37. The van der Waals surface area contributed by atoms with Gasteiger partial charge >= 0.3 is 0 Å². The Morgan fingerprint density at radius 2 is 1.73 bits per heavy atom. The Morgan fingerprint density at radius 1 is 1.09 bits per heavy atom. The number of amides is 1. The van der Waals surface area contributed by atoms with Crippen molar-refractivity contribution in [3.8, 4) is 0 Å². The van der Waals surface area contributed by atoms with Crippen molar-refractivity contribution in [2.24, 2.45) is 0 Å². The molecule has 1 fully saturated rings. The van der Waals surface area contributed by atoms with Crippen LogP contribution in [0.15, 0.2) is 60.7 Å². The van der Waals surface area contributed by atoms with Crippen molar-refractivity contribution in [2.75, 3.05) is 6.61 Å². The summed E-state index contributed by atoms with van der Waals surface area (Å²) in [5.41, 5.74) is 1.62. The molecule has 0 aliphatic carbocycles. The highest BCUT2D eigenvalue weighted by Crippen LogP contribution is 2.34. The number of carbonyl (C=O) groups is 1. The Kier molecular flexibility index (Phi) is 4.25. The monoisotopic (exact) mass is 295 g/mol. The first-order valence-corrected chi connectivity index (χ1v) is 7.70. The van der Waals surface area contributed by atoms with Gasteiger partial charge in [-0.05, 0) is 31.0 Å². The van der Waals surface area contributed by atoms with Crippen LogP contribution in [0.25, 0.3) is 0 Å². The molecule has 3 heteroatoms. The number of benzene rings is 2. The smallest absolute Gasteiger partial charge is 0.251 e. The first kappa shape index (κ1) is 14.8. The molecule has 1 saturated heterocycles. The maximum Gasteiger partial charge on any atom is 0.251 e. The van der Waals surface area contributed by atoms with Gasteiger partial charge in [-0.15, -0.1) is 0 Å². The Balaban J connectivity index is 1.71. The van der Waals surface area contributed by atoms with Crippen LogP contribution in [0.3, 0.4) is 0 Å². The van der Waals surface area contributed by atoms with Crippen molar-refractivity contribution in [3.05, 3.63) is 71.8 Å². The molecule has 114 valence electrons. The highest BCUT2D eigenvalue weighted by atomic mass is 16.5. The molecule has 3 nitrogen and oxygen atoms in total. The minimum atomic E-state index is -0.244. The molecule has 0 unspecified atom stereocenters. The van der Waals surface area contributed by atoms with E-state index in [2.05, 4.69) is 24.4 Å². The molecule has 1 aliphatic heterocycles. The molecule has 0 aromatic heterocycles. The summed E-state index contributed by atoms with van der Waals surface area (Å²) in [4.78, 5) is 12.4. The molecule has 0 saturated carbocycles. The zero-order valence-corrected chi connectivity index (χ0v) is 12.8. The van der Waals surface area contributed by atoms with Gasteiger partial charge in [-0.3, -0.25) is 4.79 Å². The molecule has 1 heterocycles. The van der Waals surface area contributed by atoms with E-state index in [1.54, 1.807) is 0 Å². The Bertz CT molecular complexity index is 626. The van der Waals surface area contributed by atoms with Crippen molar-refractivity contribution < 1.29 is 9.53 Å². The van der Waals surface area contributed by atoms with Gasteiger partial charge in [0.1, 0.15) is 0 Å². The molecule has 1 N–H and O–H groups in total. The zero-order valence-electron chi connectivity index (χ0n) is 12.8. The normalized spacial score (nSPS) is 24.7. The predicted octanol–water partition coefficient (Wildman–Crippen LogP) is 3.73. The summed E-state index contributed by atoms with van der Waals surface area (Å²) in [7, 11) is 0. The quantitative estimate of drug-likeness (QED) is 0.937. The molecule has 22 heavy (non-hydrogen) atoms. The van der Waals surface area contributed by atoms with Crippen LogP contribution in [-0.4, -0.2) is 18.1 Å². The minimum absolute atomic E-state index is 0.0168. The molecular formula is C19H21NO2. The van der Waals surface area contributed by atoms with E-state index >= 15 is 0 Å². The highest BCUT2D eigenvalue weighted by Gasteiger charge is 2.35. The summed E-state index contributed by atoms with van der Waals surface area (Å²) in [6.07, 6.45) is 1.65. The van der Waals surface area contributed by atoms with Crippen LogP contribution in [0.1, 0.15) is 41.8 Å². The average Bonchev–Trinajstić information content (AvgIpc) is 2.56. The fourth-order valence-corrected chi connectivity index (χ4v) is 2.93. The SMILES string of the molecule is C[C@@]1(NC(=O)c2ccccc2)CCO[C@@H](c2ccccc2)C1. The standard InChI is InChI=1S/C19H21NO2/c1-19(20-18(21)16-10-6-3-7-11-16)12-13-22-17(14-19)15-8-4-2-5-9-15/h2-11,17H,12-14H2,1H3,(H,20,21)/t17-,19-/m1/s1. The maximum absolute atomic E-state index is 12.4. The van der Waals surface area contributed by atoms with E-state index in [0.29, 0.717) is 12.2 Å². The molecule has 0 radical (unpaired) electrons. The minimum Gasteiger partial charge on any atom is -0.373 e.